The van der Waals surface area contributed by atoms with Crippen molar-refractivity contribution in [1.82, 2.24) is 0 Å². The maximum absolute atomic E-state index is 10.5. The third kappa shape index (κ3) is 5.12. The highest BCUT2D eigenvalue weighted by Gasteiger charge is 2.47. The summed E-state index contributed by atoms with van der Waals surface area (Å²) in [4.78, 5) is 10.5. The van der Waals surface area contributed by atoms with E-state index in [4.69, 9.17) is 13.9 Å². The fourth-order valence-corrected chi connectivity index (χ4v) is 3.98. The van der Waals surface area contributed by atoms with Gasteiger partial charge in [0.15, 0.2) is 8.32 Å². The molecule has 1 fully saturated rings. The summed E-state index contributed by atoms with van der Waals surface area (Å²) in [5.74, 6) is 0.277. The first-order valence-corrected chi connectivity index (χ1v) is 11.6. The predicted octanol–water partition coefficient (Wildman–Crippen LogP) is 4.13. The maximum Gasteiger partial charge on any atom is 0.192 e. The number of allylic oxidation sites excluding steroid dienone is 3. The van der Waals surface area contributed by atoms with Crippen molar-refractivity contribution in [3.05, 3.63) is 23.8 Å². The van der Waals surface area contributed by atoms with E-state index < -0.39 is 8.32 Å². The molecule has 0 N–H and O–H groups in total. The van der Waals surface area contributed by atoms with E-state index in [9.17, 15) is 4.79 Å². The Morgan fingerprint density at radius 2 is 1.83 bits per heavy atom. The fourth-order valence-electron chi connectivity index (χ4n) is 2.69. The van der Waals surface area contributed by atoms with Crippen LogP contribution in [-0.4, -0.2) is 46.6 Å². The molecule has 5 heteroatoms. The third-order valence-electron chi connectivity index (χ3n) is 5.23. The van der Waals surface area contributed by atoms with Gasteiger partial charge in [0.1, 0.15) is 18.5 Å². The number of hydrogen-bond donors (Lipinski definition) is 0. The molecule has 4 atom stereocenters. The van der Waals surface area contributed by atoms with E-state index in [1.54, 1.807) is 13.2 Å². The molecule has 0 bridgehead atoms. The molecule has 0 aromatic heterocycles. The Kier molecular flexibility index (Phi) is 7.60. The quantitative estimate of drug-likeness (QED) is 0.311. The van der Waals surface area contributed by atoms with Crippen molar-refractivity contribution in [2.75, 3.05) is 13.7 Å². The molecular formula is C19H34O4Si. The molecule has 138 valence electrons. The maximum atomic E-state index is 10.5. The van der Waals surface area contributed by atoms with Gasteiger partial charge in [-0.15, -0.1) is 0 Å². The average Bonchev–Trinajstić information content (AvgIpc) is 2.46. The highest BCUT2D eigenvalue weighted by Crippen LogP contribution is 2.40. The van der Waals surface area contributed by atoms with E-state index in [2.05, 4.69) is 40.8 Å². The smallest absolute Gasteiger partial charge is 0.192 e. The van der Waals surface area contributed by atoms with Crippen LogP contribution in [-0.2, 0) is 18.7 Å². The number of hydrogen-bond acceptors (Lipinski definition) is 4. The number of ether oxygens (including phenoxy) is 2. The first-order chi connectivity index (χ1) is 11.0. The third-order valence-corrected chi connectivity index (χ3v) is 9.70. The van der Waals surface area contributed by atoms with Crippen LogP contribution in [0.3, 0.4) is 0 Å². The van der Waals surface area contributed by atoms with Crippen LogP contribution >= 0.6 is 0 Å². The highest BCUT2D eigenvalue weighted by molar-refractivity contribution is 6.74. The molecule has 0 aromatic carbocycles. The van der Waals surface area contributed by atoms with E-state index in [-0.39, 0.29) is 29.3 Å². The van der Waals surface area contributed by atoms with Gasteiger partial charge < -0.3 is 13.9 Å². The van der Waals surface area contributed by atoms with Crippen LogP contribution in [0.2, 0.25) is 18.1 Å². The zero-order chi connectivity index (χ0) is 18.5. The SMILES string of the molecule is CO[C@H]1[C@H](O[Si](C)(C)C(C)(C)C)[C@@H](C(C)=CC=CC=O)OC[C@H]1C. The van der Waals surface area contributed by atoms with Gasteiger partial charge in [-0.05, 0) is 36.7 Å². The summed E-state index contributed by atoms with van der Waals surface area (Å²) in [6, 6.07) is 0. The summed E-state index contributed by atoms with van der Waals surface area (Å²) < 4.78 is 18.6. The first kappa shape index (κ1) is 21.3. The lowest BCUT2D eigenvalue weighted by molar-refractivity contribution is -0.152. The second-order valence-corrected chi connectivity index (χ2v) is 13.0. The fraction of sp³-hybridized carbons (Fsp3) is 0.737. The number of carbonyl (C=O) groups excluding carboxylic acids is 1. The Balaban J connectivity index is 3.14. The molecule has 1 aliphatic heterocycles. The average molecular weight is 355 g/mol. The van der Waals surface area contributed by atoms with E-state index >= 15 is 0 Å². The standard InChI is InChI=1S/C19H34O4Si/c1-14(11-9-10-12-20)17-18(16(21-6)15(2)13-22-17)23-24(7,8)19(3,4)5/h9-12,15-18H,13H2,1-8H3/t15-,16-,17-,18+/m1/s1. The summed E-state index contributed by atoms with van der Waals surface area (Å²) in [6.45, 7) is 16.0. The molecular weight excluding hydrogens is 320 g/mol. The Labute approximate surface area is 148 Å². The monoisotopic (exact) mass is 354 g/mol. The summed E-state index contributed by atoms with van der Waals surface area (Å²) in [7, 11) is -0.220. The lowest BCUT2D eigenvalue weighted by atomic mass is 9.90. The Bertz CT molecular complexity index is 476. The van der Waals surface area contributed by atoms with Crippen molar-refractivity contribution in [1.29, 1.82) is 0 Å². The molecule has 4 nitrogen and oxygen atoms in total. The van der Waals surface area contributed by atoms with E-state index in [1.807, 2.05) is 13.0 Å². The van der Waals surface area contributed by atoms with Crippen molar-refractivity contribution in [3.8, 4) is 0 Å². The molecule has 0 unspecified atom stereocenters. The van der Waals surface area contributed by atoms with Crippen LogP contribution < -0.4 is 0 Å². The predicted molar refractivity (Wildman–Crippen MR) is 101 cm³/mol. The Hall–Kier alpha value is -0.753. The number of carbonyl (C=O) groups is 1. The molecule has 1 heterocycles. The summed E-state index contributed by atoms with van der Waals surface area (Å²) in [5, 5.41) is 0.117. The molecule has 1 saturated heterocycles. The van der Waals surface area contributed by atoms with Crippen molar-refractivity contribution in [2.45, 2.75) is 71.1 Å². The van der Waals surface area contributed by atoms with Gasteiger partial charge in [0.05, 0.1) is 12.7 Å². The van der Waals surface area contributed by atoms with Crippen LogP contribution in [0.5, 0.6) is 0 Å². The Morgan fingerprint density at radius 1 is 1.21 bits per heavy atom. The van der Waals surface area contributed by atoms with Gasteiger partial charge in [0.2, 0.25) is 0 Å². The minimum atomic E-state index is -1.97. The van der Waals surface area contributed by atoms with E-state index in [1.165, 1.54) is 6.08 Å². The van der Waals surface area contributed by atoms with Crippen molar-refractivity contribution in [2.24, 2.45) is 5.92 Å². The Morgan fingerprint density at radius 3 is 2.33 bits per heavy atom. The van der Waals surface area contributed by atoms with Gasteiger partial charge in [-0.3, -0.25) is 4.79 Å². The van der Waals surface area contributed by atoms with Crippen LogP contribution in [0, 0.1) is 5.92 Å². The second-order valence-electron chi connectivity index (χ2n) is 8.21. The lowest BCUT2D eigenvalue weighted by Crippen LogP contribution is -2.57. The largest absolute Gasteiger partial charge is 0.408 e. The van der Waals surface area contributed by atoms with Crippen LogP contribution in [0.15, 0.2) is 23.8 Å². The molecule has 0 aliphatic carbocycles. The summed E-state index contributed by atoms with van der Waals surface area (Å²) in [5.41, 5.74) is 1.05. The zero-order valence-electron chi connectivity index (χ0n) is 16.5. The van der Waals surface area contributed by atoms with Gasteiger partial charge in [0.25, 0.3) is 0 Å². The van der Waals surface area contributed by atoms with E-state index in [0.29, 0.717) is 6.61 Å². The van der Waals surface area contributed by atoms with Crippen LogP contribution in [0.25, 0.3) is 0 Å². The zero-order valence-corrected chi connectivity index (χ0v) is 17.5. The molecule has 1 rings (SSSR count). The number of rotatable bonds is 6. The topological polar surface area (TPSA) is 44.8 Å². The normalized spacial score (nSPS) is 29.9. The first-order valence-electron chi connectivity index (χ1n) is 8.66. The van der Waals surface area contributed by atoms with Crippen molar-refractivity contribution in [3.63, 3.8) is 0 Å². The van der Waals surface area contributed by atoms with Crippen molar-refractivity contribution < 1.29 is 18.7 Å². The highest BCUT2D eigenvalue weighted by atomic mass is 28.4. The molecule has 1 aliphatic rings. The molecule has 0 radical (unpaired) electrons. The van der Waals surface area contributed by atoms with Gasteiger partial charge in [-0.1, -0.05) is 39.8 Å². The van der Waals surface area contributed by atoms with Crippen LogP contribution in [0.4, 0.5) is 0 Å². The van der Waals surface area contributed by atoms with Gasteiger partial charge in [-0.2, -0.15) is 0 Å². The van der Waals surface area contributed by atoms with Gasteiger partial charge in [0, 0.05) is 13.0 Å². The molecule has 0 saturated carbocycles. The minimum absolute atomic E-state index is 0.00345. The van der Waals surface area contributed by atoms with Gasteiger partial charge in [-0.25, -0.2) is 0 Å². The molecule has 24 heavy (non-hydrogen) atoms. The molecule has 0 spiro atoms. The number of aldehydes is 1. The van der Waals surface area contributed by atoms with Crippen molar-refractivity contribution >= 4 is 14.6 Å². The number of methoxy groups -OCH3 is 1. The molecule has 0 amide bonds. The minimum Gasteiger partial charge on any atom is -0.408 e. The summed E-state index contributed by atoms with van der Waals surface area (Å²) in [6.07, 6.45) is 5.62. The molecule has 0 aromatic rings. The van der Waals surface area contributed by atoms with Gasteiger partial charge >= 0.3 is 0 Å². The second kappa shape index (κ2) is 8.56. The summed E-state index contributed by atoms with van der Waals surface area (Å²) >= 11 is 0. The van der Waals surface area contributed by atoms with Crippen LogP contribution in [0.1, 0.15) is 34.6 Å². The van der Waals surface area contributed by atoms with E-state index in [0.717, 1.165) is 11.9 Å². The lowest BCUT2D eigenvalue weighted by Gasteiger charge is -2.47.